The predicted octanol–water partition coefficient (Wildman–Crippen LogP) is 2.54. The van der Waals surface area contributed by atoms with Crippen LogP contribution in [0.1, 0.15) is 17.5 Å². The molecule has 2 amide bonds. The van der Waals surface area contributed by atoms with Crippen LogP contribution in [0.2, 0.25) is 10.0 Å². The number of benzene rings is 2. The van der Waals surface area contributed by atoms with E-state index in [-0.39, 0.29) is 28.7 Å². The SMILES string of the molecule is O=C(CC1NCCN(Cc2ccccc2)C1=O)N/N=C/c1cc(Cl)cc(Cl)c1O. The number of hydrogen-bond donors (Lipinski definition) is 3. The van der Waals surface area contributed by atoms with E-state index in [1.165, 1.54) is 18.3 Å². The molecular formula is C20H20Cl2N4O3. The molecule has 0 bridgehead atoms. The maximum atomic E-state index is 12.7. The van der Waals surface area contributed by atoms with Crippen LogP contribution < -0.4 is 10.7 Å². The van der Waals surface area contributed by atoms with E-state index in [9.17, 15) is 14.7 Å². The van der Waals surface area contributed by atoms with Crippen molar-refractivity contribution in [3.8, 4) is 5.75 Å². The van der Waals surface area contributed by atoms with Gasteiger partial charge in [0.05, 0.1) is 23.7 Å². The van der Waals surface area contributed by atoms with E-state index in [1.807, 2.05) is 30.3 Å². The van der Waals surface area contributed by atoms with Gasteiger partial charge in [-0.3, -0.25) is 9.59 Å². The lowest BCUT2D eigenvalue weighted by atomic mass is 10.1. The summed E-state index contributed by atoms with van der Waals surface area (Å²) in [6, 6.07) is 11.9. The standard InChI is InChI=1S/C20H20Cl2N4O3/c21-15-8-14(19(28)16(22)9-15)11-24-25-18(27)10-17-20(29)26(7-6-23-17)12-13-4-2-1-3-5-13/h1-5,8-9,11,17,23,28H,6-7,10,12H2,(H,25,27)/b24-11+. The van der Waals surface area contributed by atoms with E-state index in [1.54, 1.807) is 4.90 Å². The van der Waals surface area contributed by atoms with Gasteiger partial charge in [-0.05, 0) is 17.7 Å². The van der Waals surface area contributed by atoms with Gasteiger partial charge < -0.3 is 15.3 Å². The molecule has 1 aliphatic heterocycles. The van der Waals surface area contributed by atoms with Crippen molar-refractivity contribution < 1.29 is 14.7 Å². The quantitative estimate of drug-likeness (QED) is 0.480. The number of halogens is 2. The van der Waals surface area contributed by atoms with Crippen LogP contribution in [-0.2, 0) is 16.1 Å². The summed E-state index contributed by atoms with van der Waals surface area (Å²) in [6.45, 7) is 1.69. The van der Waals surface area contributed by atoms with Gasteiger partial charge in [0.1, 0.15) is 5.75 Å². The number of phenols is 1. The zero-order valence-corrected chi connectivity index (χ0v) is 17.0. The van der Waals surface area contributed by atoms with Crippen molar-refractivity contribution in [3.05, 3.63) is 63.6 Å². The average molecular weight is 435 g/mol. The van der Waals surface area contributed by atoms with Crippen LogP contribution in [0.5, 0.6) is 5.75 Å². The summed E-state index contributed by atoms with van der Waals surface area (Å²) in [5.74, 6) is -0.741. The molecule has 29 heavy (non-hydrogen) atoms. The summed E-state index contributed by atoms with van der Waals surface area (Å²) in [6.07, 6.45) is 1.19. The summed E-state index contributed by atoms with van der Waals surface area (Å²) >= 11 is 11.7. The number of nitrogens with zero attached hydrogens (tertiary/aromatic N) is 2. The first-order chi connectivity index (χ1) is 13.9. The van der Waals surface area contributed by atoms with Crippen LogP contribution in [0.3, 0.4) is 0 Å². The number of hydrogen-bond acceptors (Lipinski definition) is 5. The molecule has 2 aromatic rings. The Morgan fingerprint density at radius 2 is 2.07 bits per heavy atom. The second-order valence-corrected chi connectivity index (χ2v) is 7.42. The first-order valence-electron chi connectivity index (χ1n) is 9.00. The number of nitrogens with one attached hydrogen (secondary N) is 2. The molecular weight excluding hydrogens is 415 g/mol. The molecule has 0 aromatic heterocycles. The predicted molar refractivity (Wildman–Crippen MR) is 112 cm³/mol. The normalized spacial score (nSPS) is 17.0. The molecule has 0 aliphatic carbocycles. The van der Waals surface area contributed by atoms with Crippen molar-refractivity contribution >= 4 is 41.2 Å². The molecule has 1 unspecified atom stereocenters. The lowest BCUT2D eigenvalue weighted by Crippen LogP contribution is -2.55. The number of rotatable bonds is 6. The van der Waals surface area contributed by atoms with Crippen molar-refractivity contribution in [1.29, 1.82) is 0 Å². The van der Waals surface area contributed by atoms with E-state index >= 15 is 0 Å². The number of carbonyl (C=O) groups excluding carboxylic acids is 2. The Hall–Kier alpha value is -2.61. The fourth-order valence-electron chi connectivity index (χ4n) is 3.00. The topological polar surface area (TPSA) is 94.0 Å². The second-order valence-electron chi connectivity index (χ2n) is 6.57. The van der Waals surface area contributed by atoms with Gasteiger partial charge in [-0.25, -0.2) is 5.43 Å². The fourth-order valence-corrected chi connectivity index (χ4v) is 3.51. The molecule has 0 saturated carbocycles. The average Bonchev–Trinajstić information content (AvgIpc) is 2.69. The molecule has 1 fully saturated rings. The molecule has 7 nitrogen and oxygen atoms in total. The van der Waals surface area contributed by atoms with E-state index in [4.69, 9.17) is 23.2 Å². The first kappa shape index (κ1) is 21.1. The monoisotopic (exact) mass is 434 g/mol. The van der Waals surface area contributed by atoms with Crippen LogP contribution >= 0.6 is 23.2 Å². The van der Waals surface area contributed by atoms with Gasteiger partial charge in [0.2, 0.25) is 11.8 Å². The third-order valence-electron chi connectivity index (χ3n) is 4.44. The minimum absolute atomic E-state index is 0.0518. The van der Waals surface area contributed by atoms with E-state index in [0.29, 0.717) is 24.7 Å². The summed E-state index contributed by atoms with van der Waals surface area (Å²) < 4.78 is 0. The van der Waals surface area contributed by atoms with Crippen molar-refractivity contribution in [2.45, 2.75) is 19.0 Å². The summed E-state index contributed by atoms with van der Waals surface area (Å²) in [7, 11) is 0. The van der Waals surface area contributed by atoms with Gasteiger partial charge in [0.25, 0.3) is 0 Å². The Morgan fingerprint density at radius 3 is 2.83 bits per heavy atom. The molecule has 3 N–H and O–H groups in total. The molecule has 0 spiro atoms. The first-order valence-corrected chi connectivity index (χ1v) is 9.75. The van der Waals surface area contributed by atoms with Gasteiger partial charge >= 0.3 is 0 Å². The number of aromatic hydroxyl groups is 1. The minimum atomic E-state index is -0.614. The highest BCUT2D eigenvalue weighted by atomic mass is 35.5. The molecule has 1 heterocycles. The highest BCUT2D eigenvalue weighted by Crippen LogP contribution is 2.29. The van der Waals surface area contributed by atoms with Crippen molar-refractivity contribution in [1.82, 2.24) is 15.6 Å². The third-order valence-corrected chi connectivity index (χ3v) is 4.94. The van der Waals surface area contributed by atoms with Crippen LogP contribution in [0.15, 0.2) is 47.6 Å². The molecule has 0 radical (unpaired) electrons. The van der Waals surface area contributed by atoms with Gasteiger partial charge in [-0.15, -0.1) is 0 Å². The fraction of sp³-hybridized carbons (Fsp3) is 0.250. The maximum Gasteiger partial charge on any atom is 0.242 e. The smallest absolute Gasteiger partial charge is 0.242 e. The molecule has 2 aromatic carbocycles. The molecule has 3 rings (SSSR count). The maximum absolute atomic E-state index is 12.7. The number of piperazine rings is 1. The van der Waals surface area contributed by atoms with Crippen LogP contribution in [0.25, 0.3) is 0 Å². The summed E-state index contributed by atoms with van der Waals surface area (Å²) in [4.78, 5) is 26.6. The van der Waals surface area contributed by atoms with Crippen LogP contribution in [-0.4, -0.2) is 47.2 Å². The molecule has 9 heteroatoms. The summed E-state index contributed by atoms with van der Waals surface area (Å²) in [5, 5.41) is 17.2. The van der Waals surface area contributed by atoms with E-state index < -0.39 is 11.9 Å². The Kier molecular flexibility index (Phi) is 7.09. The highest BCUT2D eigenvalue weighted by molar-refractivity contribution is 6.36. The lowest BCUT2D eigenvalue weighted by Gasteiger charge is -2.33. The number of hydrazone groups is 1. The van der Waals surface area contributed by atoms with Gasteiger partial charge in [0, 0.05) is 30.2 Å². The minimum Gasteiger partial charge on any atom is -0.506 e. The third kappa shape index (κ3) is 5.69. The van der Waals surface area contributed by atoms with Gasteiger partial charge in [-0.1, -0.05) is 53.5 Å². The molecule has 1 atom stereocenters. The number of carbonyl (C=O) groups is 2. The Morgan fingerprint density at radius 1 is 1.31 bits per heavy atom. The van der Waals surface area contributed by atoms with E-state index in [0.717, 1.165) is 5.56 Å². The lowest BCUT2D eigenvalue weighted by molar-refractivity contribution is -0.138. The van der Waals surface area contributed by atoms with Crippen LogP contribution in [0, 0.1) is 0 Å². The van der Waals surface area contributed by atoms with Crippen molar-refractivity contribution in [2.75, 3.05) is 13.1 Å². The highest BCUT2D eigenvalue weighted by Gasteiger charge is 2.30. The van der Waals surface area contributed by atoms with Crippen molar-refractivity contribution in [3.63, 3.8) is 0 Å². The summed E-state index contributed by atoms with van der Waals surface area (Å²) in [5.41, 5.74) is 3.66. The van der Waals surface area contributed by atoms with Gasteiger partial charge in [0.15, 0.2) is 0 Å². The number of amides is 2. The Bertz CT molecular complexity index is 921. The van der Waals surface area contributed by atoms with Gasteiger partial charge in [-0.2, -0.15) is 5.10 Å². The zero-order valence-electron chi connectivity index (χ0n) is 15.4. The Balaban J connectivity index is 1.55. The molecule has 1 saturated heterocycles. The largest absolute Gasteiger partial charge is 0.506 e. The van der Waals surface area contributed by atoms with Crippen molar-refractivity contribution in [2.24, 2.45) is 5.10 Å². The number of phenolic OH excluding ortho intramolecular Hbond substituents is 1. The molecule has 152 valence electrons. The molecule has 1 aliphatic rings. The zero-order chi connectivity index (χ0) is 20.8. The van der Waals surface area contributed by atoms with E-state index in [2.05, 4.69) is 15.8 Å². The second kappa shape index (κ2) is 9.73. The van der Waals surface area contributed by atoms with Crippen LogP contribution in [0.4, 0.5) is 0 Å². The Labute approximate surface area is 178 Å².